The molecule has 2 aromatic rings. The summed E-state index contributed by atoms with van der Waals surface area (Å²) in [7, 11) is 0. The largest absolute Gasteiger partial charge is 0.392 e. The topological polar surface area (TPSA) is 68.2 Å². The fourth-order valence-corrected chi connectivity index (χ4v) is 4.42. The summed E-state index contributed by atoms with van der Waals surface area (Å²) in [6, 6.07) is 14.8. The summed E-state index contributed by atoms with van der Waals surface area (Å²) in [5.41, 5.74) is 5.07. The molecule has 1 fully saturated rings. The average Bonchev–Trinajstić information content (AvgIpc) is 3.06. The molecule has 2 heterocycles. The van der Waals surface area contributed by atoms with E-state index in [0.29, 0.717) is 28.8 Å². The van der Waals surface area contributed by atoms with Crippen LogP contribution in [0.2, 0.25) is 10.0 Å². The average molecular weight is 447 g/mol. The summed E-state index contributed by atoms with van der Waals surface area (Å²) in [6.07, 6.45) is 1.16. The number of hydrogen-bond acceptors (Lipinski definition) is 5. The highest BCUT2D eigenvalue weighted by Crippen LogP contribution is 2.41. The Bertz CT molecular complexity index is 950. The second-order valence-corrected chi connectivity index (χ2v) is 8.59. The number of nitrogens with zero attached hydrogens (tertiary/aromatic N) is 3. The van der Waals surface area contributed by atoms with E-state index in [1.807, 2.05) is 60.5 Å². The number of benzene rings is 2. The molecule has 4 rings (SSSR count). The number of nitrogens with one attached hydrogen (secondary N) is 1. The number of hydrazine groups is 1. The lowest BCUT2D eigenvalue weighted by Gasteiger charge is -2.30. The molecule has 2 N–H and O–H groups in total. The molecule has 3 atom stereocenters. The number of hydrogen-bond donors (Lipinski definition) is 2. The standard InChI is InChI=1S/C22H24Cl2N4O2/c1-14-20(22(30)26-27-12-4-5-17(29)13-27)25-28(19-7-3-2-6-18(19)24)21(14)15-8-10-16(23)11-9-15/h2-3,6-11,14,17,21,29H,4-5,12-13H2,1H3,(H,26,30)/t14-,17?,21+/m0/s1. The Morgan fingerprint density at radius 2 is 1.90 bits per heavy atom. The number of anilines is 1. The Balaban J connectivity index is 1.65. The van der Waals surface area contributed by atoms with E-state index in [1.165, 1.54) is 0 Å². The van der Waals surface area contributed by atoms with Crippen molar-refractivity contribution in [2.45, 2.75) is 31.9 Å². The fraction of sp³-hybridized carbons (Fsp3) is 0.364. The molecule has 158 valence electrons. The molecule has 1 amide bonds. The Labute approximate surface area is 186 Å². The lowest BCUT2D eigenvalue weighted by molar-refractivity contribution is -0.120. The molecule has 6 nitrogen and oxygen atoms in total. The van der Waals surface area contributed by atoms with Gasteiger partial charge in [0.1, 0.15) is 5.71 Å². The van der Waals surface area contributed by atoms with E-state index < -0.39 is 6.10 Å². The van der Waals surface area contributed by atoms with Crippen LogP contribution in [-0.4, -0.2) is 40.9 Å². The first kappa shape index (κ1) is 21.1. The smallest absolute Gasteiger partial charge is 0.282 e. The Hall–Kier alpha value is -2.12. The van der Waals surface area contributed by atoms with Crippen molar-refractivity contribution in [3.63, 3.8) is 0 Å². The van der Waals surface area contributed by atoms with Gasteiger partial charge in [-0.2, -0.15) is 5.10 Å². The molecule has 0 aliphatic carbocycles. The zero-order valence-corrected chi connectivity index (χ0v) is 18.1. The van der Waals surface area contributed by atoms with Crippen LogP contribution in [0, 0.1) is 5.92 Å². The van der Waals surface area contributed by atoms with E-state index in [-0.39, 0.29) is 17.9 Å². The SMILES string of the molecule is C[C@H]1C(C(=O)NN2CCCC(O)C2)=NN(c2ccccc2Cl)[C@H]1c1ccc(Cl)cc1. The van der Waals surface area contributed by atoms with Crippen LogP contribution >= 0.6 is 23.2 Å². The van der Waals surface area contributed by atoms with Crippen LogP contribution in [0.15, 0.2) is 53.6 Å². The lowest BCUT2D eigenvalue weighted by Crippen LogP contribution is -2.51. The van der Waals surface area contributed by atoms with Gasteiger partial charge in [0.15, 0.2) is 0 Å². The van der Waals surface area contributed by atoms with Crippen LogP contribution in [0.1, 0.15) is 31.4 Å². The molecule has 1 unspecified atom stereocenters. The first-order chi connectivity index (χ1) is 14.4. The van der Waals surface area contributed by atoms with Gasteiger partial charge in [-0.05, 0) is 42.7 Å². The normalized spacial score (nSPS) is 24.6. The molecule has 0 saturated carbocycles. The molecule has 0 aromatic heterocycles. The molecule has 0 bridgehead atoms. The van der Waals surface area contributed by atoms with Crippen molar-refractivity contribution in [1.29, 1.82) is 0 Å². The molecule has 0 radical (unpaired) electrons. The first-order valence-corrected chi connectivity index (χ1v) is 10.8. The number of carbonyl (C=O) groups excluding carboxylic acids is 1. The third-order valence-corrected chi connectivity index (χ3v) is 6.16. The molecule has 2 aliphatic rings. The number of para-hydroxylation sites is 1. The number of rotatable bonds is 4. The van der Waals surface area contributed by atoms with Crippen molar-refractivity contribution < 1.29 is 9.90 Å². The molecule has 2 aromatic carbocycles. The van der Waals surface area contributed by atoms with Crippen molar-refractivity contribution in [1.82, 2.24) is 10.4 Å². The van der Waals surface area contributed by atoms with Crippen molar-refractivity contribution in [3.05, 3.63) is 64.1 Å². The van der Waals surface area contributed by atoms with Gasteiger partial charge in [-0.3, -0.25) is 15.2 Å². The van der Waals surface area contributed by atoms with Gasteiger partial charge < -0.3 is 5.11 Å². The Morgan fingerprint density at radius 1 is 1.17 bits per heavy atom. The van der Waals surface area contributed by atoms with Gasteiger partial charge in [-0.25, -0.2) is 5.01 Å². The zero-order valence-electron chi connectivity index (χ0n) is 16.6. The van der Waals surface area contributed by atoms with Crippen LogP contribution in [0.4, 0.5) is 5.69 Å². The highest BCUT2D eigenvalue weighted by Gasteiger charge is 2.40. The minimum absolute atomic E-state index is 0.183. The van der Waals surface area contributed by atoms with Gasteiger partial charge in [0.05, 0.1) is 22.9 Å². The van der Waals surface area contributed by atoms with Crippen molar-refractivity contribution in [3.8, 4) is 0 Å². The minimum Gasteiger partial charge on any atom is -0.392 e. The second kappa shape index (κ2) is 8.94. The van der Waals surface area contributed by atoms with Gasteiger partial charge in [-0.15, -0.1) is 0 Å². The summed E-state index contributed by atoms with van der Waals surface area (Å²) in [4.78, 5) is 13.1. The third kappa shape index (κ3) is 4.32. The van der Waals surface area contributed by atoms with Gasteiger partial charge >= 0.3 is 0 Å². The van der Waals surface area contributed by atoms with Crippen LogP contribution in [0.5, 0.6) is 0 Å². The van der Waals surface area contributed by atoms with Crippen molar-refractivity contribution >= 4 is 40.5 Å². The van der Waals surface area contributed by atoms with E-state index in [4.69, 9.17) is 28.3 Å². The minimum atomic E-state index is -0.427. The van der Waals surface area contributed by atoms with Crippen molar-refractivity contribution in [2.75, 3.05) is 18.1 Å². The van der Waals surface area contributed by atoms with Crippen LogP contribution < -0.4 is 10.4 Å². The number of halogens is 2. The number of aliphatic hydroxyl groups is 1. The number of amides is 1. The quantitative estimate of drug-likeness (QED) is 0.743. The van der Waals surface area contributed by atoms with Crippen LogP contribution in [0.3, 0.4) is 0 Å². The molecule has 0 spiro atoms. The van der Waals surface area contributed by atoms with E-state index in [1.54, 1.807) is 5.01 Å². The number of aliphatic hydroxyl groups excluding tert-OH is 1. The van der Waals surface area contributed by atoms with E-state index in [9.17, 15) is 9.90 Å². The number of carbonyl (C=O) groups is 1. The van der Waals surface area contributed by atoms with Gasteiger partial charge in [0.2, 0.25) is 0 Å². The monoisotopic (exact) mass is 446 g/mol. The number of hydrazone groups is 1. The number of piperidine rings is 1. The van der Waals surface area contributed by atoms with Gasteiger partial charge in [-0.1, -0.05) is 54.4 Å². The lowest BCUT2D eigenvalue weighted by atomic mass is 9.91. The second-order valence-electron chi connectivity index (χ2n) is 7.75. The molecular weight excluding hydrogens is 423 g/mol. The molecule has 8 heteroatoms. The molecule has 30 heavy (non-hydrogen) atoms. The fourth-order valence-electron chi connectivity index (χ4n) is 4.07. The highest BCUT2D eigenvalue weighted by atomic mass is 35.5. The van der Waals surface area contributed by atoms with Gasteiger partial charge in [0, 0.05) is 24.0 Å². The summed E-state index contributed by atoms with van der Waals surface area (Å²) in [5.74, 6) is -0.442. The third-order valence-electron chi connectivity index (χ3n) is 5.58. The Morgan fingerprint density at radius 3 is 2.60 bits per heavy atom. The van der Waals surface area contributed by atoms with Crippen LogP contribution in [-0.2, 0) is 4.79 Å². The van der Waals surface area contributed by atoms with Crippen molar-refractivity contribution in [2.24, 2.45) is 11.0 Å². The molecule has 1 saturated heterocycles. The maximum absolute atomic E-state index is 13.1. The van der Waals surface area contributed by atoms with E-state index in [2.05, 4.69) is 5.43 Å². The summed E-state index contributed by atoms with van der Waals surface area (Å²) < 4.78 is 0. The molecular formula is C22H24Cl2N4O2. The Kier molecular flexibility index (Phi) is 6.29. The predicted octanol–water partition coefficient (Wildman–Crippen LogP) is 4.03. The summed E-state index contributed by atoms with van der Waals surface area (Å²) in [5, 5.41) is 19.4. The van der Waals surface area contributed by atoms with E-state index in [0.717, 1.165) is 24.1 Å². The summed E-state index contributed by atoms with van der Waals surface area (Å²) >= 11 is 12.5. The first-order valence-electron chi connectivity index (χ1n) is 10.1. The zero-order chi connectivity index (χ0) is 21.3. The maximum atomic E-state index is 13.1. The van der Waals surface area contributed by atoms with Gasteiger partial charge in [0.25, 0.3) is 5.91 Å². The van der Waals surface area contributed by atoms with Crippen LogP contribution in [0.25, 0.3) is 0 Å². The van der Waals surface area contributed by atoms with E-state index >= 15 is 0 Å². The highest BCUT2D eigenvalue weighted by molar-refractivity contribution is 6.40. The number of β-amino-alcohol motifs (C(OH)–C–C–N with tert-alkyl or cyclic N) is 1. The summed E-state index contributed by atoms with van der Waals surface area (Å²) in [6.45, 7) is 3.11. The molecule has 2 aliphatic heterocycles. The maximum Gasteiger partial charge on any atom is 0.282 e. The predicted molar refractivity (Wildman–Crippen MR) is 120 cm³/mol.